The molecule has 0 spiro atoms. The van der Waals surface area contributed by atoms with Gasteiger partial charge in [-0.25, -0.2) is 0 Å². The van der Waals surface area contributed by atoms with Crippen LogP contribution in [0.1, 0.15) is 30.0 Å². The standard InChI is InChI=1S/C10H16N4O4/c1-3-7-8(14(16)17)9(10(11)15)13(12-7)5-6-18-4-2/h3-6H2,1-2H3,(H2,11,15). The molecular weight excluding hydrogens is 240 g/mol. The summed E-state index contributed by atoms with van der Waals surface area (Å²) in [5, 5.41) is 15.0. The van der Waals surface area contributed by atoms with E-state index in [4.69, 9.17) is 10.5 Å². The zero-order valence-electron chi connectivity index (χ0n) is 10.4. The summed E-state index contributed by atoms with van der Waals surface area (Å²) >= 11 is 0. The zero-order valence-corrected chi connectivity index (χ0v) is 10.4. The average molecular weight is 256 g/mol. The summed E-state index contributed by atoms with van der Waals surface area (Å²) in [6.07, 6.45) is 0.359. The first kappa shape index (κ1) is 14.1. The van der Waals surface area contributed by atoms with Gasteiger partial charge in [-0.2, -0.15) is 5.10 Å². The minimum atomic E-state index is -0.856. The third-order valence-corrected chi connectivity index (χ3v) is 2.40. The Morgan fingerprint density at radius 3 is 2.67 bits per heavy atom. The number of hydrogen-bond acceptors (Lipinski definition) is 5. The molecule has 0 aromatic carbocycles. The van der Waals surface area contributed by atoms with Crippen molar-refractivity contribution < 1.29 is 14.5 Å². The molecule has 0 fully saturated rings. The molecule has 100 valence electrons. The van der Waals surface area contributed by atoms with Crippen molar-refractivity contribution >= 4 is 11.6 Å². The largest absolute Gasteiger partial charge is 0.380 e. The van der Waals surface area contributed by atoms with E-state index in [1.54, 1.807) is 6.92 Å². The van der Waals surface area contributed by atoms with Crippen LogP contribution in [0.5, 0.6) is 0 Å². The van der Waals surface area contributed by atoms with Crippen LogP contribution in [0.3, 0.4) is 0 Å². The highest BCUT2D eigenvalue weighted by molar-refractivity contribution is 5.95. The van der Waals surface area contributed by atoms with Gasteiger partial charge < -0.3 is 10.5 Å². The number of hydrogen-bond donors (Lipinski definition) is 1. The predicted molar refractivity (Wildman–Crippen MR) is 63.3 cm³/mol. The minimum absolute atomic E-state index is 0.170. The zero-order chi connectivity index (χ0) is 13.7. The smallest absolute Gasteiger partial charge is 0.323 e. The number of nitrogens with zero attached hydrogens (tertiary/aromatic N) is 3. The lowest BCUT2D eigenvalue weighted by Gasteiger charge is -2.03. The lowest BCUT2D eigenvalue weighted by atomic mass is 10.2. The molecular formula is C10H16N4O4. The van der Waals surface area contributed by atoms with Crippen LogP contribution < -0.4 is 5.73 Å². The minimum Gasteiger partial charge on any atom is -0.380 e. The van der Waals surface area contributed by atoms with Crippen LogP contribution in [0.4, 0.5) is 5.69 Å². The average Bonchev–Trinajstić information content (AvgIpc) is 2.68. The van der Waals surface area contributed by atoms with Crippen LogP contribution in [0.15, 0.2) is 0 Å². The molecule has 1 aromatic rings. The third kappa shape index (κ3) is 2.83. The first-order chi connectivity index (χ1) is 8.52. The molecule has 0 bridgehead atoms. The third-order valence-electron chi connectivity index (χ3n) is 2.40. The number of nitro groups is 1. The fourth-order valence-corrected chi connectivity index (χ4v) is 1.63. The lowest BCUT2D eigenvalue weighted by Crippen LogP contribution is -2.20. The Balaban J connectivity index is 3.16. The van der Waals surface area contributed by atoms with Gasteiger partial charge in [0, 0.05) is 6.61 Å². The predicted octanol–water partition coefficient (Wildman–Crippen LogP) is 0.489. The summed E-state index contributed by atoms with van der Waals surface area (Å²) in [5.41, 5.74) is 4.96. The Kier molecular flexibility index (Phi) is 4.78. The Bertz CT molecular complexity index is 455. The summed E-state index contributed by atoms with van der Waals surface area (Å²) in [4.78, 5) is 21.7. The van der Waals surface area contributed by atoms with Gasteiger partial charge in [-0.05, 0) is 13.3 Å². The van der Waals surface area contributed by atoms with E-state index in [1.807, 2.05) is 6.92 Å². The SMILES string of the molecule is CCOCCn1nc(CC)c([N+](=O)[O-])c1C(N)=O. The van der Waals surface area contributed by atoms with Crippen LogP contribution in [0.2, 0.25) is 0 Å². The second-order valence-electron chi connectivity index (χ2n) is 3.54. The maximum Gasteiger partial charge on any atom is 0.323 e. The quantitative estimate of drug-likeness (QED) is 0.433. The van der Waals surface area contributed by atoms with Crippen molar-refractivity contribution in [2.24, 2.45) is 5.73 Å². The van der Waals surface area contributed by atoms with E-state index in [1.165, 1.54) is 4.68 Å². The van der Waals surface area contributed by atoms with Gasteiger partial charge in [0.05, 0.1) is 18.1 Å². The number of rotatable bonds is 7. The molecule has 0 atom stereocenters. The van der Waals surface area contributed by atoms with E-state index in [0.29, 0.717) is 19.6 Å². The van der Waals surface area contributed by atoms with Crippen molar-refractivity contribution in [3.63, 3.8) is 0 Å². The summed E-state index contributed by atoms with van der Waals surface area (Å²) in [5.74, 6) is -0.856. The first-order valence-corrected chi connectivity index (χ1v) is 5.64. The number of carbonyl (C=O) groups is 1. The second kappa shape index (κ2) is 6.10. The second-order valence-corrected chi connectivity index (χ2v) is 3.54. The van der Waals surface area contributed by atoms with Gasteiger partial charge in [-0.1, -0.05) is 6.92 Å². The van der Waals surface area contributed by atoms with E-state index in [9.17, 15) is 14.9 Å². The molecule has 2 N–H and O–H groups in total. The van der Waals surface area contributed by atoms with Crippen LogP contribution in [-0.2, 0) is 17.7 Å². The van der Waals surface area contributed by atoms with E-state index in [2.05, 4.69) is 5.10 Å². The molecule has 8 nitrogen and oxygen atoms in total. The molecule has 8 heteroatoms. The molecule has 0 unspecified atom stereocenters. The molecule has 0 radical (unpaired) electrons. The molecule has 0 saturated carbocycles. The Morgan fingerprint density at radius 1 is 1.56 bits per heavy atom. The summed E-state index contributed by atoms with van der Waals surface area (Å²) in [6, 6.07) is 0. The van der Waals surface area contributed by atoms with Crippen LogP contribution in [0.25, 0.3) is 0 Å². The van der Waals surface area contributed by atoms with Gasteiger partial charge in [-0.3, -0.25) is 19.6 Å². The molecule has 18 heavy (non-hydrogen) atoms. The first-order valence-electron chi connectivity index (χ1n) is 5.64. The number of aromatic nitrogens is 2. The maximum absolute atomic E-state index is 11.3. The Hall–Kier alpha value is -1.96. The topological polar surface area (TPSA) is 113 Å². The molecule has 1 rings (SSSR count). The number of amides is 1. The van der Waals surface area contributed by atoms with Gasteiger partial charge in [-0.15, -0.1) is 0 Å². The molecule has 0 saturated heterocycles. The van der Waals surface area contributed by atoms with Crippen LogP contribution >= 0.6 is 0 Å². The Morgan fingerprint density at radius 2 is 2.22 bits per heavy atom. The van der Waals surface area contributed by atoms with Crippen molar-refractivity contribution in [1.29, 1.82) is 0 Å². The molecule has 1 heterocycles. The monoisotopic (exact) mass is 256 g/mol. The highest BCUT2D eigenvalue weighted by Crippen LogP contribution is 2.23. The van der Waals surface area contributed by atoms with Gasteiger partial charge >= 0.3 is 5.69 Å². The molecule has 0 aliphatic rings. The van der Waals surface area contributed by atoms with E-state index < -0.39 is 10.8 Å². The highest BCUT2D eigenvalue weighted by Gasteiger charge is 2.29. The normalized spacial score (nSPS) is 10.6. The van der Waals surface area contributed by atoms with Crippen LogP contribution in [-0.4, -0.2) is 33.8 Å². The molecule has 1 amide bonds. The maximum atomic E-state index is 11.3. The number of aryl methyl sites for hydroxylation is 1. The lowest BCUT2D eigenvalue weighted by molar-refractivity contribution is -0.385. The van der Waals surface area contributed by atoms with Crippen molar-refractivity contribution in [2.75, 3.05) is 13.2 Å². The van der Waals surface area contributed by atoms with Crippen molar-refractivity contribution in [3.05, 3.63) is 21.5 Å². The van der Waals surface area contributed by atoms with Crippen molar-refractivity contribution in [2.45, 2.75) is 26.8 Å². The summed E-state index contributed by atoms with van der Waals surface area (Å²) in [6.45, 7) is 4.66. The van der Waals surface area contributed by atoms with Gasteiger partial charge in [0.25, 0.3) is 5.91 Å². The summed E-state index contributed by atoms with van der Waals surface area (Å²) in [7, 11) is 0. The van der Waals surface area contributed by atoms with Crippen molar-refractivity contribution in [3.8, 4) is 0 Å². The fourth-order valence-electron chi connectivity index (χ4n) is 1.63. The number of nitrogens with two attached hydrogens (primary N) is 1. The van der Waals surface area contributed by atoms with Crippen LogP contribution in [0, 0.1) is 10.1 Å². The van der Waals surface area contributed by atoms with E-state index >= 15 is 0 Å². The van der Waals surface area contributed by atoms with Crippen molar-refractivity contribution in [1.82, 2.24) is 9.78 Å². The highest BCUT2D eigenvalue weighted by atomic mass is 16.6. The number of carbonyl (C=O) groups excluding carboxylic acids is 1. The Labute approximate surface area is 104 Å². The molecule has 0 aliphatic carbocycles. The number of primary amides is 1. The van der Waals surface area contributed by atoms with Gasteiger partial charge in [0.15, 0.2) is 0 Å². The van der Waals surface area contributed by atoms with E-state index in [-0.39, 0.29) is 23.6 Å². The fraction of sp³-hybridized carbons (Fsp3) is 0.600. The van der Waals surface area contributed by atoms with E-state index in [0.717, 1.165) is 0 Å². The van der Waals surface area contributed by atoms with Gasteiger partial charge in [0.2, 0.25) is 5.69 Å². The number of ether oxygens (including phenoxy) is 1. The molecule has 0 aliphatic heterocycles. The van der Waals surface area contributed by atoms with Gasteiger partial charge in [0.1, 0.15) is 5.69 Å². The summed E-state index contributed by atoms with van der Waals surface area (Å²) < 4.78 is 6.38. The molecule has 1 aromatic heterocycles.